The highest BCUT2D eigenvalue weighted by molar-refractivity contribution is 6.04. The van der Waals surface area contributed by atoms with Gasteiger partial charge in [-0.1, -0.05) is 0 Å². The van der Waals surface area contributed by atoms with Crippen LogP contribution in [0.4, 0.5) is 16.3 Å². The molecular formula is C16H16N4O4. The van der Waals surface area contributed by atoms with Gasteiger partial charge in [0.25, 0.3) is 0 Å². The molecule has 8 nitrogen and oxygen atoms in total. The fourth-order valence-electron chi connectivity index (χ4n) is 2.25. The zero-order valence-corrected chi connectivity index (χ0v) is 13.1. The van der Waals surface area contributed by atoms with Gasteiger partial charge in [-0.2, -0.15) is 5.10 Å². The monoisotopic (exact) mass is 328 g/mol. The summed E-state index contributed by atoms with van der Waals surface area (Å²) >= 11 is 0. The maximum Gasteiger partial charge on any atom is 0.324 e. The summed E-state index contributed by atoms with van der Waals surface area (Å²) in [6, 6.07) is 9.27. The maximum absolute atomic E-state index is 12.2. The number of carbonyl (C=O) groups is 1. The summed E-state index contributed by atoms with van der Waals surface area (Å²) in [5.74, 6) is 1.51. The van der Waals surface area contributed by atoms with Crippen molar-refractivity contribution in [2.45, 2.75) is 0 Å². The zero-order valence-electron chi connectivity index (χ0n) is 13.1. The van der Waals surface area contributed by atoms with E-state index in [0.717, 1.165) is 0 Å². The third-order valence-electron chi connectivity index (χ3n) is 3.39. The Morgan fingerprint density at radius 3 is 2.46 bits per heavy atom. The van der Waals surface area contributed by atoms with Crippen LogP contribution in [0.5, 0.6) is 17.2 Å². The summed E-state index contributed by atoms with van der Waals surface area (Å²) in [4.78, 5) is 12.2. The first-order chi connectivity index (χ1) is 11.6. The number of benzene rings is 2. The molecule has 4 N–H and O–H groups in total. The molecule has 2 amide bonds. The number of nitrogens with one attached hydrogen (secondary N) is 3. The molecule has 1 aromatic heterocycles. The summed E-state index contributed by atoms with van der Waals surface area (Å²) in [6.45, 7) is 0. The van der Waals surface area contributed by atoms with E-state index >= 15 is 0 Å². The van der Waals surface area contributed by atoms with Crippen molar-refractivity contribution in [3.63, 3.8) is 0 Å². The molecule has 0 saturated carbocycles. The van der Waals surface area contributed by atoms with E-state index in [4.69, 9.17) is 9.47 Å². The van der Waals surface area contributed by atoms with Crippen molar-refractivity contribution in [2.24, 2.45) is 0 Å². The van der Waals surface area contributed by atoms with Crippen molar-refractivity contribution < 1.29 is 19.4 Å². The first-order valence-corrected chi connectivity index (χ1v) is 7.07. The van der Waals surface area contributed by atoms with Gasteiger partial charge < -0.3 is 19.9 Å². The van der Waals surface area contributed by atoms with Crippen LogP contribution in [0.15, 0.2) is 36.4 Å². The van der Waals surface area contributed by atoms with Crippen molar-refractivity contribution in [1.82, 2.24) is 10.2 Å². The van der Waals surface area contributed by atoms with Crippen LogP contribution in [0, 0.1) is 0 Å². The topological polar surface area (TPSA) is 108 Å². The quantitative estimate of drug-likeness (QED) is 0.589. The number of carbonyl (C=O) groups excluding carboxylic acids is 1. The van der Waals surface area contributed by atoms with E-state index in [1.807, 2.05) is 0 Å². The lowest BCUT2D eigenvalue weighted by atomic mass is 10.2. The normalized spacial score (nSPS) is 10.4. The van der Waals surface area contributed by atoms with E-state index in [9.17, 15) is 9.90 Å². The molecule has 0 atom stereocenters. The van der Waals surface area contributed by atoms with Gasteiger partial charge in [-0.25, -0.2) is 4.79 Å². The highest BCUT2D eigenvalue weighted by atomic mass is 16.5. The minimum Gasteiger partial charge on any atom is -0.508 e. The maximum atomic E-state index is 12.2. The Kier molecular flexibility index (Phi) is 4.11. The number of aromatic amines is 1. The van der Waals surface area contributed by atoms with E-state index < -0.39 is 6.03 Å². The molecule has 3 rings (SSSR count). The second-order valence-electron chi connectivity index (χ2n) is 4.98. The predicted molar refractivity (Wildman–Crippen MR) is 89.9 cm³/mol. The van der Waals surface area contributed by atoms with Crippen LogP contribution in [0.1, 0.15) is 0 Å². The van der Waals surface area contributed by atoms with Crippen molar-refractivity contribution >= 4 is 28.4 Å². The summed E-state index contributed by atoms with van der Waals surface area (Å²) in [7, 11) is 3.06. The molecule has 0 bridgehead atoms. The number of phenols is 1. The van der Waals surface area contributed by atoms with Crippen LogP contribution in [0.3, 0.4) is 0 Å². The van der Waals surface area contributed by atoms with E-state index in [1.165, 1.54) is 26.4 Å². The van der Waals surface area contributed by atoms with Crippen molar-refractivity contribution in [2.75, 3.05) is 24.9 Å². The number of methoxy groups -OCH3 is 2. The number of H-pyrrole nitrogens is 1. The van der Waals surface area contributed by atoms with Crippen LogP contribution in [-0.4, -0.2) is 35.6 Å². The number of rotatable bonds is 4. The summed E-state index contributed by atoms with van der Waals surface area (Å²) in [6.07, 6.45) is 0. The first kappa shape index (κ1) is 15.5. The first-order valence-electron chi connectivity index (χ1n) is 7.07. The molecule has 0 fully saturated rings. The second kappa shape index (κ2) is 6.37. The van der Waals surface area contributed by atoms with Gasteiger partial charge in [-0.3, -0.25) is 10.4 Å². The third-order valence-corrected chi connectivity index (χ3v) is 3.39. The lowest BCUT2D eigenvalue weighted by molar-refractivity contribution is 0.262. The van der Waals surface area contributed by atoms with Crippen molar-refractivity contribution in [3.8, 4) is 17.2 Å². The number of urea groups is 1. The van der Waals surface area contributed by atoms with Crippen LogP contribution in [0.25, 0.3) is 10.9 Å². The molecule has 0 aliphatic heterocycles. The molecule has 3 aromatic rings. The van der Waals surface area contributed by atoms with Crippen molar-refractivity contribution in [3.05, 3.63) is 36.4 Å². The number of amides is 2. The Morgan fingerprint density at radius 1 is 1.08 bits per heavy atom. The van der Waals surface area contributed by atoms with Gasteiger partial charge in [0, 0.05) is 29.3 Å². The molecule has 1 heterocycles. The lowest BCUT2D eigenvalue weighted by Gasteiger charge is -2.10. The molecule has 0 spiro atoms. The Labute approximate surface area is 137 Å². The zero-order chi connectivity index (χ0) is 17.1. The Morgan fingerprint density at radius 2 is 1.79 bits per heavy atom. The second-order valence-corrected chi connectivity index (χ2v) is 4.98. The number of hydrogen-bond donors (Lipinski definition) is 4. The molecule has 8 heteroatoms. The molecule has 0 saturated heterocycles. The Balaban J connectivity index is 1.79. The van der Waals surface area contributed by atoms with Gasteiger partial charge in [0.2, 0.25) is 0 Å². The number of ether oxygens (including phenoxy) is 2. The molecule has 124 valence electrons. The number of anilines is 2. The van der Waals surface area contributed by atoms with E-state index in [0.29, 0.717) is 33.9 Å². The number of aromatic hydroxyl groups is 1. The third kappa shape index (κ3) is 3.17. The number of fused-ring (bicyclic) bond motifs is 1. The molecule has 2 aromatic carbocycles. The number of aromatic nitrogens is 2. The van der Waals surface area contributed by atoms with Crippen LogP contribution in [-0.2, 0) is 0 Å². The number of nitrogens with zero attached hydrogens (tertiary/aromatic N) is 1. The van der Waals surface area contributed by atoms with Gasteiger partial charge >= 0.3 is 6.03 Å². The molecule has 0 unspecified atom stereocenters. The van der Waals surface area contributed by atoms with Gasteiger partial charge in [0.15, 0.2) is 5.82 Å². The average molecular weight is 328 g/mol. The summed E-state index contributed by atoms with van der Waals surface area (Å²) in [5.41, 5.74) is 1.21. The van der Waals surface area contributed by atoms with E-state index in [1.54, 1.807) is 24.3 Å². The molecule has 0 aliphatic carbocycles. The Bertz CT molecular complexity index is 869. The highest BCUT2D eigenvalue weighted by Crippen LogP contribution is 2.27. The van der Waals surface area contributed by atoms with Crippen LogP contribution >= 0.6 is 0 Å². The number of hydrogen-bond acceptors (Lipinski definition) is 5. The molecule has 0 radical (unpaired) electrons. The van der Waals surface area contributed by atoms with E-state index in [-0.39, 0.29) is 5.75 Å². The van der Waals surface area contributed by atoms with Crippen molar-refractivity contribution in [1.29, 1.82) is 0 Å². The molecule has 24 heavy (non-hydrogen) atoms. The number of phenolic OH excluding ortho intramolecular Hbond substituents is 1. The van der Waals surface area contributed by atoms with Gasteiger partial charge in [0.05, 0.1) is 19.7 Å². The summed E-state index contributed by atoms with van der Waals surface area (Å²) in [5, 5.41) is 22.3. The fourth-order valence-corrected chi connectivity index (χ4v) is 2.25. The van der Waals surface area contributed by atoms with Crippen LogP contribution in [0.2, 0.25) is 0 Å². The minimum absolute atomic E-state index is 0.0879. The van der Waals surface area contributed by atoms with Crippen LogP contribution < -0.4 is 20.1 Å². The fraction of sp³-hybridized carbons (Fsp3) is 0.125. The summed E-state index contributed by atoms with van der Waals surface area (Å²) < 4.78 is 10.3. The Hall–Kier alpha value is -3.42. The average Bonchev–Trinajstić information content (AvgIpc) is 2.96. The smallest absolute Gasteiger partial charge is 0.324 e. The predicted octanol–water partition coefficient (Wildman–Crippen LogP) is 2.93. The highest BCUT2D eigenvalue weighted by Gasteiger charge is 2.11. The standard InChI is InChI=1S/C16H16N4O4/c1-23-11-5-9(6-12(8-11)24-2)17-16(22)18-15-13-7-10(21)3-4-14(13)19-20-15/h3-8,21H,1-2H3,(H3,17,18,19,20,22). The van der Waals surface area contributed by atoms with E-state index in [2.05, 4.69) is 20.8 Å². The molecular weight excluding hydrogens is 312 g/mol. The van der Waals surface area contributed by atoms with Gasteiger partial charge in [-0.05, 0) is 18.2 Å². The van der Waals surface area contributed by atoms with Gasteiger partial charge in [0.1, 0.15) is 17.2 Å². The molecule has 0 aliphatic rings. The SMILES string of the molecule is COc1cc(NC(=O)Nc2n[nH]c3ccc(O)cc23)cc(OC)c1. The largest absolute Gasteiger partial charge is 0.508 e. The lowest BCUT2D eigenvalue weighted by Crippen LogP contribution is -2.19. The van der Waals surface area contributed by atoms with Gasteiger partial charge in [-0.15, -0.1) is 0 Å². The minimum atomic E-state index is -0.484.